The van der Waals surface area contributed by atoms with Gasteiger partial charge in [0.2, 0.25) is 21.9 Å². The number of nitrogens with one attached hydrogen (secondary N) is 1. The minimum absolute atomic E-state index is 0.241. The first-order valence-electron chi connectivity index (χ1n) is 9.66. The number of fused-ring (bicyclic) bond motifs is 1. The normalized spacial score (nSPS) is 16.4. The van der Waals surface area contributed by atoms with Gasteiger partial charge in [-0.2, -0.15) is 13.2 Å². The quantitative estimate of drug-likeness (QED) is 0.596. The molecule has 0 amide bonds. The predicted molar refractivity (Wildman–Crippen MR) is 108 cm³/mol. The van der Waals surface area contributed by atoms with Gasteiger partial charge in [-0.15, -0.1) is 0 Å². The van der Waals surface area contributed by atoms with Crippen LogP contribution in [0.1, 0.15) is 37.4 Å². The lowest BCUT2D eigenvalue weighted by molar-refractivity contribution is -0.198. The highest BCUT2D eigenvalue weighted by Crippen LogP contribution is 2.38. The molecule has 0 saturated heterocycles. The molecule has 1 fully saturated rings. The van der Waals surface area contributed by atoms with Crippen LogP contribution in [-0.2, 0) is 10.0 Å². The van der Waals surface area contributed by atoms with Gasteiger partial charge in [-0.25, -0.2) is 18.4 Å². The van der Waals surface area contributed by atoms with E-state index in [2.05, 4.69) is 19.7 Å². The summed E-state index contributed by atoms with van der Waals surface area (Å²) in [5, 5.41) is -0.634. The Hall–Kier alpha value is -2.95. The summed E-state index contributed by atoms with van der Waals surface area (Å²) in [7, 11) is -3.87. The number of anilines is 1. The molecule has 0 bridgehead atoms. The second-order valence-electron chi connectivity index (χ2n) is 7.25. The summed E-state index contributed by atoms with van der Waals surface area (Å²) in [6.07, 6.45) is -2.31. The number of alkyl halides is 3. The van der Waals surface area contributed by atoms with Gasteiger partial charge in [0, 0.05) is 18.0 Å². The van der Waals surface area contributed by atoms with E-state index < -0.39 is 33.4 Å². The maximum absolute atomic E-state index is 13.8. The average molecular weight is 452 g/mol. The van der Waals surface area contributed by atoms with E-state index >= 15 is 0 Å². The third-order valence-corrected chi connectivity index (χ3v) is 6.86. The van der Waals surface area contributed by atoms with Crippen LogP contribution in [0.2, 0.25) is 0 Å². The first kappa shape index (κ1) is 21.3. The molecule has 1 unspecified atom stereocenters. The number of hydrogen-bond donors (Lipinski definition) is 1. The Balaban J connectivity index is 1.77. The topological polar surface area (TPSA) is 94.1 Å². The summed E-state index contributed by atoms with van der Waals surface area (Å²) >= 11 is 0. The van der Waals surface area contributed by atoms with Crippen molar-refractivity contribution in [2.45, 2.75) is 43.2 Å². The maximum atomic E-state index is 13.8. The van der Waals surface area contributed by atoms with Gasteiger partial charge < -0.3 is 4.74 Å². The molecule has 1 aliphatic rings. The van der Waals surface area contributed by atoms with E-state index in [0.29, 0.717) is 18.4 Å². The summed E-state index contributed by atoms with van der Waals surface area (Å²) in [4.78, 5) is 12.0. The lowest BCUT2D eigenvalue weighted by Crippen LogP contribution is -2.29. The minimum atomic E-state index is -4.79. The van der Waals surface area contributed by atoms with Crippen molar-refractivity contribution < 1.29 is 26.3 Å². The number of sulfonamides is 1. The number of ether oxygens (including phenoxy) is 1. The Bertz CT molecular complexity index is 1170. The fourth-order valence-corrected chi connectivity index (χ4v) is 5.04. The number of aromatic nitrogens is 3. The Labute approximate surface area is 176 Å². The van der Waals surface area contributed by atoms with Crippen LogP contribution in [0.3, 0.4) is 0 Å². The van der Waals surface area contributed by atoms with Crippen LogP contribution in [0.4, 0.5) is 19.0 Å². The predicted octanol–water partition coefficient (Wildman–Crippen LogP) is 4.39. The van der Waals surface area contributed by atoms with Gasteiger partial charge >= 0.3 is 6.18 Å². The molecule has 3 aromatic rings. The standard InChI is InChI=1S/C20H19F3N4O3S/c21-20(22,23)17(13-6-5-11-24-12-13)30-19-18(25-15-9-3-4-10-16(15)26-19)27-31(28,29)14-7-1-2-8-14/h3-6,9-12,14,17H,1-2,7-8H2,(H,25,27). The van der Waals surface area contributed by atoms with E-state index in [0.717, 1.165) is 19.0 Å². The second kappa shape index (κ2) is 8.29. The summed E-state index contributed by atoms with van der Waals surface area (Å²) in [5.41, 5.74) is 0.354. The van der Waals surface area contributed by atoms with Gasteiger partial charge in [-0.05, 0) is 31.0 Å². The first-order chi connectivity index (χ1) is 14.7. The third kappa shape index (κ3) is 4.71. The zero-order chi connectivity index (χ0) is 22.1. The van der Waals surface area contributed by atoms with E-state index in [1.807, 2.05) is 0 Å². The van der Waals surface area contributed by atoms with E-state index in [-0.39, 0.29) is 16.9 Å². The van der Waals surface area contributed by atoms with Crippen molar-refractivity contribution in [2.75, 3.05) is 4.72 Å². The summed E-state index contributed by atoms with van der Waals surface area (Å²) in [6, 6.07) is 9.03. The van der Waals surface area contributed by atoms with Gasteiger partial charge in [-0.1, -0.05) is 31.0 Å². The van der Waals surface area contributed by atoms with Gasteiger partial charge in [0.05, 0.1) is 16.3 Å². The molecule has 1 aromatic carbocycles. The molecule has 0 spiro atoms. The molecule has 1 atom stereocenters. The SMILES string of the molecule is O=S(=O)(Nc1nc2ccccc2nc1OC(c1cccnc1)C(F)(F)F)C1CCCC1. The zero-order valence-electron chi connectivity index (χ0n) is 16.2. The van der Waals surface area contributed by atoms with Crippen molar-refractivity contribution in [1.82, 2.24) is 15.0 Å². The van der Waals surface area contributed by atoms with Gasteiger partial charge in [0.25, 0.3) is 5.88 Å². The molecular weight excluding hydrogens is 433 g/mol. The molecule has 1 aliphatic carbocycles. The molecular formula is C20H19F3N4O3S. The highest BCUT2D eigenvalue weighted by Gasteiger charge is 2.44. The molecule has 31 heavy (non-hydrogen) atoms. The maximum Gasteiger partial charge on any atom is 0.429 e. The molecule has 4 rings (SSSR count). The van der Waals surface area contributed by atoms with Crippen molar-refractivity contribution >= 4 is 26.9 Å². The first-order valence-corrected chi connectivity index (χ1v) is 11.2. The van der Waals surface area contributed by atoms with Crippen LogP contribution in [0.25, 0.3) is 11.0 Å². The third-order valence-electron chi connectivity index (χ3n) is 5.03. The smallest absolute Gasteiger partial charge is 0.429 e. The highest BCUT2D eigenvalue weighted by molar-refractivity contribution is 7.93. The highest BCUT2D eigenvalue weighted by atomic mass is 32.2. The zero-order valence-corrected chi connectivity index (χ0v) is 17.0. The van der Waals surface area contributed by atoms with Crippen LogP contribution >= 0.6 is 0 Å². The molecule has 1 N–H and O–H groups in total. The lowest BCUT2D eigenvalue weighted by Gasteiger charge is -2.23. The van der Waals surface area contributed by atoms with Crippen molar-refractivity contribution in [1.29, 1.82) is 0 Å². The number of pyridine rings is 1. The van der Waals surface area contributed by atoms with E-state index in [4.69, 9.17) is 4.74 Å². The van der Waals surface area contributed by atoms with Crippen molar-refractivity contribution in [2.24, 2.45) is 0 Å². The van der Waals surface area contributed by atoms with Gasteiger partial charge in [0.1, 0.15) is 0 Å². The molecule has 11 heteroatoms. The summed E-state index contributed by atoms with van der Waals surface area (Å²) < 4.78 is 74.5. The van der Waals surface area contributed by atoms with Gasteiger partial charge in [-0.3, -0.25) is 9.71 Å². The summed E-state index contributed by atoms with van der Waals surface area (Å²) in [6.45, 7) is 0. The fourth-order valence-electron chi connectivity index (χ4n) is 3.52. The number of rotatable bonds is 6. The van der Waals surface area contributed by atoms with Crippen LogP contribution in [0.5, 0.6) is 5.88 Å². The van der Waals surface area contributed by atoms with Crippen LogP contribution < -0.4 is 9.46 Å². The molecule has 0 aliphatic heterocycles. The van der Waals surface area contributed by atoms with E-state index in [9.17, 15) is 21.6 Å². The monoisotopic (exact) mass is 452 g/mol. The Morgan fingerprint density at radius 1 is 1.03 bits per heavy atom. The number of benzene rings is 1. The van der Waals surface area contributed by atoms with E-state index in [1.54, 1.807) is 24.3 Å². The largest absolute Gasteiger partial charge is 0.457 e. The van der Waals surface area contributed by atoms with Crippen LogP contribution in [-0.4, -0.2) is 34.8 Å². The Kier molecular flexibility index (Phi) is 5.69. The molecule has 2 heterocycles. The second-order valence-corrected chi connectivity index (χ2v) is 9.21. The van der Waals surface area contributed by atoms with Crippen LogP contribution in [0, 0.1) is 0 Å². The Morgan fingerprint density at radius 3 is 2.32 bits per heavy atom. The van der Waals surface area contributed by atoms with Crippen LogP contribution in [0.15, 0.2) is 48.8 Å². The number of para-hydroxylation sites is 2. The Morgan fingerprint density at radius 2 is 1.71 bits per heavy atom. The average Bonchev–Trinajstić information content (AvgIpc) is 3.28. The van der Waals surface area contributed by atoms with Crippen molar-refractivity contribution in [3.8, 4) is 5.88 Å². The molecule has 2 aromatic heterocycles. The summed E-state index contributed by atoms with van der Waals surface area (Å²) in [5.74, 6) is -0.921. The minimum Gasteiger partial charge on any atom is -0.457 e. The lowest BCUT2D eigenvalue weighted by atomic mass is 10.1. The fraction of sp³-hybridized carbons (Fsp3) is 0.350. The molecule has 1 saturated carbocycles. The molecule has 164 valence electrons. The number of hydrogen-bond acceptors (Lipinski definition) is 6. The van der Waals surface area contributed by atoms with E-state index in [1.165, 1.54) is 18.3 Å². The number of halogens is 3. The molecule has 0 radical (unpaired) electrons. The van der Waals surface area contributed by atoms with Gasteiger partial charge in [0.15, 0.2) is 0 Å². The molecule has 7 nitrogen and oxygen atoms in total. The van der Waals surface area contributed by atoms with Crippen molar-refractivity contribution in [3.05, 3.63) is 54.4 Å². The number of nitrogens with zero attached hydrogens (tertiary/aromatic N) is 3. The van der Waals surface area contributed by atoms with Crippen molar-refractivity contribution in [3.63, 3.8) is 0 Å².